The van der Waals surface area contributed by atoms with Gasteiger partial charge in [0.25, 0.3) is 0 Å². The van der Waals surface area contributed by atoms with Gasteiger partial charge in [0, 0.05) is 6.54 Å². The third-order valence-electron chi connectivity index (χ3n) is 3.17. The van der Waals surface area contributed by atoms with Crippen molar-refractivity contribution in [2.45, 2.75) is 19.3 Å². The first-order chi connectivity index (χ1) is 7.79. The van der Waals surface area contributed by atoms with Crippen LogP contribution in [0.2, 0.25) is 0 Å². The zero-order chi connectivity index (χ0) is 11.4. The molecule has 2 rings (SSSR count). The van der Waals surface area contributed by atoms with E-state index < -0.39 is 0 Å². The molecular formula is C14H17NO. The SMILES string of the molecule is C=CC(=O)NCCC1Cc2ccccc2C1. The zero-order valence-corrected chi connectivity index (χ0v) is 9.41. The predicted molar refractivity (Wildman–Crippen MR) is 65.2 cm³/mol. The lowest BCUT2D eigenvalue weighted by Gasteiger charge is -2.08. The van der Waals surface area contributed by atoms with Crippen LogP contribution < -0.4 is 5.32 Å². The summed E-state index contributed by atoms with van der Waals surface area (Å²) in [5.41, 5.74) is 2.95. The summed E-state index contributed by atoms with van der Waals surface area (Å²) in [5.74, 6) is 0.609. The molecule has 0 fully saturated rings. The molecule has 0 spiro atoms. The highest BCUT2D eigenvalue weighted by molar-refractivity contribution is 5.86. The Hall–Kier alpha value is -1.57. The minimum absolute atomic E-state index is 0.0736. The van der Waals surface area contributed by atoms with E-state index in [1.807, 2.05) is 0 Å². The van der Waals surface area contributed by atoms with Crippen molar-refractivity contribution in [3.8, 4) is 0 Å². The smallest absolute Gasteiger partial charge is 0.243 e. The van der Waals surface area contributed by atoms with Crippen LogP contribution in [0.3, 0.4) is 0 Å². The summed E-state index contributed by atoms with van der Waals surface area (Å²) in [7, 11) is 0. The first-order valence-corrected chi connectivity index (χ1v) is 5.76. The molecule has 1 aromatic rings. The number of carbonyl (C=O) groups is 1. The van der Waals surface area contributed by atoms with Crippen LogP contribution in [0, 0.1) is 5.92 Å². The number of carbonyl (C=O) groups excluding carboxylic acids is 1. The Morgan fingerprint density at radius 3 is 2.56 bits per heavy atom. The maximum atomic E-state index is 11.0. The van der Waals surface area contributed by atoms with E-state index >= 15 is 0 Å². The molecule has 0 aromatic heterocycles. The Morgan fingerprint density at radius 1 is 1.38 bits per heavy atom. The summed E-state index contributed by atoms with van der Waals surface area (Å²) >= 11 is 0. The van der Waals surface area contributed by atoms with E-state index in [4.69, 9.17) is 0 Å². The number of fused-ring (bicyclic) bond motifs is 1. The Kier molecular flexibility index (Phi) is 3.40. The second-order valence-corrected chi connectivity index (χ2v) is 4.33. The van der Waals surface area contributed by atoms with Crippen molar-refractivity contribution < 1.29 is 4.79 Å². The van der Waals surface area contributed by atoms with Crippen molar-refractivity contribution >= 4 is 5.91 Å². The van der Waals surface area contributed by atoms with Gasteiger partial charge in [-0.25, -0.2) is 0 Å². The monoisotopic (exact) mass is 215 g/mol. The summed E-state index contributed by atoms with van der Waals surface area (Å²) < 4.78 is 0. The third kappa shape index (κ3) is 2.51. The molecule has 1 aliphatic carbocycles. The van der Waals surface area contributed by atoms with E-state index in [0.29, 0.717) is 5.92 Å². The van der Waals surface area contributed by atoms with Crippen LogP contribution >= 0.6 is 0 Å². The van der Waals surface area contributed by atoms with Gasteiger partial charge in [-0.2, -0.15) is 0 Å². The van der Waals surface area contributed by atoms with Crippen molar-refractivity contribution in [3.05, 3.63) is 48.0 Å². The summed E-state index contributed by atoms with van der Waals surface area (Å²) in [5, 5.41) is 2.83. The lowest BCUT2D eigenvalue weighted by atomic mass is 10.0. The van der Waals surface area contributed by atoms with Gasteiger partial charge in [0.1, 0.15) is 0 Å². The van der Waals surface area contributed by atoms with Gasteiger partial charge in [0.2, 0.25) is 5.91 Å². The fraction of sp³-hybridized carbons (Fsp3) is 0.357. The third-order valence-corrected chi connectivity index (χ3v) is 3.17. The van der Waals surface area contributed by atoms with E-state index in [0.717, 1.165) is 25.8 Å². The first-order valence-electron chi connectivity index (χ1n) is 5.76. The number of hydrogen-bond donors (Lipinski definition) is 1. The van der Waals surface area contributed by atoms with E-state index in [2.05, 4.69) is 36.2 Å². The molecule has 1 amide bonds. The Morgan fingerprint density at radius 2 is 2.00 bits per heavy atom. The molecule has 2 nitrogen and oxygen atoms in total. The van der Waals surface area contributed by atoms with E-state index in [1.54, 1.807) is 0 Å². The second-order valence-electron chi connectivity index (χ2n) is 4.33. The maximum Gasteiger partial charge on any atom is 0.243 e. The highest BCUT2D eigenvalue weighted by Gasteiger charge is 2.20. The van der Waals surface area contributed by atoms with E-state index in [9.17, 15) is 4.79 Å². The molecule has 0 radical (unpaired) electrons. The maximum absolute atomic E-state index is 11.0. The summed E-state index contributed by atoms with van der Waals surface area (Å²) in [4.78, 5) is 11.0. The topological polar surface area (TPSA) is 29.1 Å². The summed E-state index contributed by atoms with van der Waals surface area (Å²) in [6.45, 7) is 4.18. The fourth-order valence-electron chi connectivity index (χ4n) is 2.33. The van der Waals surface area contributed by atoms with Gasteiger partial charge in [-0.1, -0.05) is 30.8 Å². The van der Waals surface area contributed by atoms with Crippen molar-refractivity contribution in [2.75, 3.05) is 6.54 Å². The molecule has 1 aromatic carbocycles. The number of hydrogen-bond acceptors (Lipinski definition) is 1. The summed E-state index contributed by atoms with van der Waals surface area (Å²) in [6.07, 6.45) is 4.68. The molecule has 0 saturated carbocycles. The van der Waals surface area contributed by atoms with Crippen LogP contribution in [0.1, 0.15) is 17.5 Å². The Balaban J connectivity index is 1.79. The van der Waals surface area contributed by atoms with E-state index in [1.165, 1.54) is 17.2 Å². The van der Waals surface area contributed by atoms with Gasteiger partial charge in [-0.15, -0.1) is 0 Å². The van der Waals surface area contributed by atoms with Gasteiger partial charge < -0.3 is 5.32 Å². The minimum atomic E-state index is -0.0736. The van der Waals surface area contributed by atoms with Gasteiger partial charge >= 0.3 is 0 Å². The largest absolute Gasteiger partial charge is 0.353 e. The van der Waals surface area contributed by atoms with E-state index in [-0.39, 0.29) is 5.91 Å². The molecule has 0 heterocycles. The molecule has 1 N–H and O–H groups in total. The number of amides is 1. The van der Waals surface area contributed by atoms with Crippen LogP contribution in [0.15, 0.2) is 36.9 Å². The average Bonchev–Trinajstić information content (AvgIpc) is 2.71. The van der Waals surface area contributed by atoms with Gasteiger partial charge in [0.15, 0.2) is 0 Å². The first kappa shape index (κ1) is 10.9. The molecule has 0 aliphatic heterocycles. The van der Waals surface area contributed by atoms with Gasteiger partial charge in [-0.05, 0) is 42.4 Å². The van der Waals surface area contributed by atoms with Gasteiger partial charge in [-0.3, -0.25) is 4.79 Å². The van der Waals surface area contributed by atoms with Crippen molar-refractivity contribution in [1.29, 1.82) is 0 Å². The minimum Gasteiger partial charge on any atom is -0.353 e. The lowest BCUT2D eigenvalue weighted by Crippen LogP contribution is -2.23. The number of benzene rings is 1. The predicted octanol–water partition coefficient (Wildman–Crippen LogP) is 2.09. The molecule has 0 saturated heterocycles. The fourth-order valence-corrected chi connectivity index (χ4v) is 2.33. The Bertz CT molecular complexity index is 372. The average molecular weight is 215 g/mol. The van der Waals surface area contributed by atoms with Crippen LogP contribution in [0.5, 0.6) is 0 Å². The van der Waals surface area contributed by atoms with Crippen LogP contribution in [-0.2, 0) is 17.6 Å². The van der Waals surface area contributed by atoms with Crippen LogP contribution in [0.4, 0.5) is 0 Å². The van der Waals surface area contributed by atoms with Crippen molar-refractivity contribution in [2.24, 2.45) is 5.92 Å². The zero-order valence-electron chi connectivity index (χ0n) is 9.41. The molecule has 0 bridgehead atoms. The molecule has 0 atom stereocenters. The standard InChI is InChI=1S/C14H17NO/c1-2-14(16)15-8-7-11-9-12-5-3-4-6-13(12)10-11/h2-6,11H,1,7-10H2,(H,15,16). The molecule has 16 heavy (non-hydrogen) atoms. The van der Waals surface area contributed by atoms with Gasteiger partial charge in [0.05, 0.1) is 0 Å². The quantitative estimate of drug-likeness (QED) is 0.766. The summed E-state index contributed by atoms with van der Waals surface area (Å²) in [6, 6.07) is 8.61. The molecular weight excluding hydrogens is 198 g/mol. The molecule has 0 unspecified atom stereocenters. The molecule has 84 valence electrons. The number of rotatable bonds is 4. The molecule has 1 aliphatic rings. The normalized spacial score (nSPS) is 14.5. The van der Waals surface area contributed by atoms with Crippen LogP contribution in [0.25, 0.3) is 0 Å². The highest BCUT2D eigenvalue weighted by atomic mass is 16.1. The van der Waals surface area contributed by atoms with Crippen LogP contribution in [-0.4, -0.2) is 12.5 Å². The number of nitrogens with one attached hydrogen (secondary N) is 1. The molecule has 2 heteroatoms. The lowest BCUT2D eigenvalue weighted by molar-refractivity contribution is -0.116. The highest BCUT2D eigenvalue weighted by Crippen LogP contribution is 2.28. The Labute approximate surface area is 96.4 Å². The van der Waals surface area contributed by atoms with Crippen molar-refractivity contribution in [1.82, 2.24) is 5.32 Å². The second kappa shape index (κ2) is 4.97. The van der Waals surface area contributed by atoms with Crippen molar-refractivity contribution in [3.63, 3.8) is 0 Å².